The highest BCUT2D eigenvalue weighted by atomic mass is 16.2. The van der Waals surface area contributed by atoms with E-state index >= 15 is 0 Å². The summed E-state index contributed by atoms with van der Waals surface area (Å²) in [7, 11) is 1.95. The van der Waals surface area contributed by atoms with Gasteiger partial charge in [-0.25, -0.2) is 0 Å². The summed E-state index contributed by atoms with van der Waals surface area (Å²) >= 11 is 0. The quantitative estimate of drug-likeness (QED) is 0.848. The van der Waals surface area contributed by atoms with Crippen LogP contribution in [-0.2, 0) is 21.5 Å². The molecule has 0 unspecified atom stereocenters. The number of carbonyl (C=O) groups excluding carboxylic acids is 2. The predicted molar refractivity (Wildman–Crippen MR) is 118 cm³/mol. The van der Waals surface area contributed by atoms with Crippen molar-refractivity contribution < 1.29 is 9.59 Å². The van der Waals surface area contributed by atoms with E-state index in [1.807, 2.05) is 43.1 Å². The first-order valence-corrected chi connectivity index (χ1v) is 10.1. The highest BCUT2D eigenvalue weighted by Gasteiger charge is 2.29. The molecule has 0 bridgehead atoms. The van der Waals surface area contributed by atoms with Crippen molar-refractivity contribution in [3.05, 3.63) is 59.7 Å². The monoisotopic (exact) mass is 393 g/mol. The van der Waals surface area contributed by atoms with Gasteiger partial charge >= 0.3 is 0 Å². The Morgan fingerprint density at radius 1 is 1.14 bits per heavy atom. The molecule has 154 valence electrons. The number of amides is 2. The van der Waals surface area contributed by atoms with E-state index in [0.717, 1.165) is 5.69 Å². The summed E-state index contributed by atoms with van der Waals surface area (Å²) in [5.41, 5.74) is 4.05. The molecule has 1 heterocycles. The van der Waals surface area contributed by atoms with Crippen LogP contribution in [0.2, 0.25) is 0 Å². The summed E-state index contributed by atoms with van der Waals surface area (Å²) in [6, 6.07) is 15.9. The van der Waals surface area contributed by atoms with Gasteiger partial charge in [-0.2, -0.15) is 0 Å². The number of likely N-dealkylation sites (N-methyl/N-ethyl adjacent to an activating group) is 1. The summed E-state index contributed by atoms with van der Waals surface area (Å²) in [6.45, 7) is 9.50. The molecule has 0 spiro atoms. The summed E-state index contributed by atoms with van der Waals surface area (Å²) in [4.78, 5) is 29.1. The predicted octanol–water partition coefficient (Wildman–Crippen LogP) is 4.18. The van der Waals surface area contributed by atoms with Crippen LogP contribution >= 0.6 is 0 Å². The zero-order chi connectivity index (χ0) is 21.2. The fourth-order valence-corrected chi connectivity index (χ4v) is 3.75. The number of hydrogen-bond donors (Lipinski definition) is 1. The minimum absolute atomic E-state index is 0.00439. The van der Waals surface area contributed by atoms with E-state index in [1.165, 1.54) is 11.1 Å². The third-order valence-corrected chi connectivity index (χ3v) is 5.31. The van der Waals surface area contributed by atoms with E-state index < -0.39 is 0 Å². The van der Waals surface area contributed by atoms with Gasteiger partial charge in [-0.3, -0.25) is 14.5 Å². The zero-order valence-corrected chi connectivity index (χ0v) is 18.0. The molecule has 0 saturated heterocycles. The SMILES string of the molecule is C[C@@H]1CC(=O)Nc2ccccc2N1C(=O)CN(C)Cc1ccc(C(C)(C)C)cc1. The average Bonchev–Trinajstić information content (AvgIpc) is 2.75. The Labute approximate surface area is 173 Å². The minimum Gasteiger partial charge on any atom is -0.324 e. The van der Waals surface area contributed by atoms with Crippen molar-refractivity contribution in [2.24, 2.45) is 0 Å². The fraction of sp³-hybridized carbons (Fsp3) is 0.417. The second-order valence-electron chi connectivity index (χ2n) is 9.00. The van der Waals surface area contributed by atoms with Gasteiger partial charge in [0.1, 0.15) is 0 Å². The first-order valence-electron chi connectivity index (χ1n) is 10.1. The zero-order valence-electron chi connectivity index (χ0n) is 18.0. The van der Waals surface area contributed by atoms with E-state index in [9.17, 15) is 9.59 Å². The molecular formula is C24H31N3O2. The van der Waals surface area contributed by atoms with Gasteiger partial charge in [0.2, 0.25) is 11.8 Å². The van der Waals surface area contributed by atoms with Crippen LogP contribution in [0.5, 0.6) is 0 Å². The maximum Gasteiger partial charge on any atom is 0.241 e. The number of benzene rings is 2. The Balaban J connectivity index is 1.71. The van der Waals surface area contributed by atoms with Gasteiger partial charge in [0.15, 0.2) is 0 Å². The third-order valence-electron chi connectivity index (χ3n) is 5.31. The van der Waals surface area contributed by atoms with E-state index in [0.29, 0.717) is 18.7 Å². The summed E-state index contributed by atoms with van der Waals surface area (Å²) < 4.78 is 0. The van der Waals surface area contributed by atoms with Gasteiger partial charge in [0, 0.05) is 19.0 Å². The topological polar surface area (TPSA) is 52.7 Å². The molecule has 5 heteroatoms. The van der Waals surface area contributed by atoms with Crippen molar-refractivity contribution in [2.45, 2.75) is 52.1 Å². The lowest BCUT2D eigenvalue weighted by Crippen LogP contribution is -2.44. The molecule has 5 nitrogen and oxygen atoms in total. The van der Waals surface area contributed by atoms with Crippen molar-refractivity contribution in [2.75, 3.05) is 23.8 Å². The Morgan fingerprint density at radius 3 is 2.45 bits per heavy atom. The lowest BCUT2D eigenvalue weighted by atomic mass is 9.87. The molecule has 2 aromatic carbocycles. The van der Waals surface area contributed by atoms with Crippen LogP contribution < -0.4 is 10.2 Å². The van der Waals surface area contributed by atoms with E-state index in [2.05, 4.69) is 50.4 Å². The molecular weight excluding hydrogens is 362 g/mol. The molecule has 0 fully saturated rings. The fourth-order valence-electron chi connectivity index (χ4n) is 3.75. The van der Waals surface area contributed by atoms with Crippen molar-refractivity contribution in [3.63, 3.8) is 0 Å². The number of nitrogens with one attached hydrogen (secondary N) is 1. The maximum atomic E-state index is 13.2. The van der Waals surface area contributed by atoms with Gasteiger partial charge < -0.3 is 10.2 Å². The highest BCUT2D eigenvalue weighted by Crippen LogP contribution is 2.31. The Morgan fingerprint density at radius 2 is 1.79 bits per heavy atom. The molecule has 1 aliphatic rings. The first kappa shape index (κ1) is 21.1. The third kappa shape index (κ3) is 5.04. The summed E-state index contributed by atoms with van der Waals surface area (Å²) in [5.74, 6) is -0.0668. The van der Waals surface area contributed by atoms with Crippen LogP contribution in [0.3, 0.4) is 0 Å². The molecule has 1 N–H and O–H groups in total. The molecule has 0 saturated carbocycles. The van der Waals surface area contributed by atoms with Gasteiger partial charge in [-0.1, -0.05) is 57.2 Å². The lowest BCUT2D eigenvalue weighted by molar-refractivity contribution is -0.120. The molecule has 29 heavy (non-hydrogen) atoms. The van der Waals surface area contributed by atoms with Crippen molar-refractivity contribution in [1.82, 2.24) is 4.90 Å². The molecule has 1 aliphatic heterocycles. The minimum atomic E-state index is -0.189. The van der Waals surface area contributed by atoms with Gasteiger partial charge in [0.25, 0.3) is 0 Å². The highest BCUT2D eigenvalue weighted by molar-refractivity contribution is 6.04. The van der Waals surface area contributed by atoms with E-state index in [1.54, 1.807) is 4.90 Å². The van der Waals surface area contributed by atoms with Gasteiger partial charge in [-0.05, 0) is 42.6 Å². The first-order chi connectivity index (χ1) is 13.6. The molecule has 2 aromatic rings. The summed E-state index contributed by atoms with van der Waals surface area (Å²) in [6.07, 6.45) is 0.290. The molecule has 0 aromatic heterocycles. The van der Waals surface area contributed by atoms with Gasteiger partial charge in [-0.15, -0.1) is 0 Å². The molecule has 1 atom stereocenters. The number of hydrogen-bond acceptors (Lipinski definition) is 3. The van der Waals surface area contributed by atoms with Crippen LogP contribution in [0.1, 0.15) is 45.2 Å². The van der Waals surface area contributed by atoms with Crippen LogP contribution in [0.15, 0.2) is 48.5 Å². The van der Waals surface area contributed by atoms with Crippen LogP contribution in [0.4, 0.5) is 11.4 Å². The van der Waals surface area contributed by atoms with Crippen LogP contribution in [0, 0.1) is 0 Å². The van der Waals surface area contributed by atoms with Crippen LogP contribution in [0.25, 0.3) is 0 Å². The Hall–Kier alpha value is -2.66. The second-order valence-corrected chi connectivity index (χ2v) is 9.00. The lowest BCUT2D eigenvalue weighted by Gasteiger charge is -2.29. The van der Waals surface area contributed by atoms with Crippen molar-refractivity contribution in [3.8, 4) is 0 Å². The molecule has 0 aliphatic carbocycles. The average molecular weight is 394 g/mol. The Kier molecular flexibility index (Phi) is 6.08. The molecule has 3 rings (SSSR count). The molecule has 0 radical (unpaired) electrons. The number of anilines is 2. The smallest absolute Gasteiger partial charge is 0.241 e. The van der Waals surface area contributed by atoms with Gasteiger partial charge in [0.05, 0.1) is 17.9 Å². The standard InChI is InChI=1S/C24H31N3O2/c1-17-14-22(28)25-20-8-6-7-9-21(20)27(17)23(29)16-26(5)15-18-10-12-19(13-11-18)24(2,3)4/h6-13,17H,14-16H2,1-5H3,(H,25,28)/t17-/m1/s1. The largest absolute Gasteiger partial charge is 0.324 e. The van der Waals surface area contributed by atoms with Crippen LogP contribution in [-0.4, -0.2) is 36.3 Å². The number of rotatable bonds is 4. The number of nitrogens with zero attached hydrogens (tertiary/aromatic N) is 2. The van der Waals surface area contributed by atoms with Crippen molar-refractivity contribution >= 4 is 23.2 Å². The summed E-state index contributed by atoms with van der Waals surface area (Å²) in [5, 5.41) is 2.90. The Bertz CT molecular complexity index is 884. The number of fused-ring (bicyclic) bond motifs is 1. The molecule has 2 amide bonds. The van der Waals surface area contributed by atoms with E-state index in [4.69, 9.17) is 0 Å². The van der Waals surface area contributed by atoms with Crippen molar-refractivity contribution in [1.29, 1.82) is 0 Å². The maximum absolute atomic E-state index is 13.2. The number of carbonyl (C=O) groups is 2. The number of para-hydroxylation sites is 2. The second kappa shape index (κ2) is 8.37. The normalized spacial score (nSPS) is 17.0. The van der Waals surface area contributed by atoms with E-state index in [-0.39, 0.29) is 29.8 Å².